The highest BCUT2D eigenvalue weighted by atomic mass is 16.5. The molecule has 3 heteroatoms. The summed E-state index contributed by atoms with van der Waals surface area (Å²) >= 11 is 0. The van der Waals surface area contributed by atoms with E-state index in [1.54, 1.807) is 25.3 Å². The largest absolute Gasteiger partial charge is 0.398 e. The Bertz CT molecular complexity index is 315. The zero-order valence-corrected chi connectivity index (χ0v) is 6.87. The van der Waals surface area contributed by atoms with E-state index in [2.05, 4.69) is 0 Å². The lowest BCUT2D eigenvalue weighted by Gasteiger charge is -2.03. The third kappa shape index (κ3) is 1.74. The fourth-order valence-electron chi connectivity index (χ4n) is 0.956. The van der Waals surface area contributed by atoms with Gasteiger partial charge in [-0.1, -0.05) is 0 Å². The first-order valence-electron chi connectivity index (χ1n) is 3.55. The molecule has 1 aromatic carbocycles. The van der Waals surface area contributed by atoms with Crippen LogP contribution in [0.3, 0.4) is 0 Å². The predicted octanol–water partition coefficient (Wildman–Crippen LogP) is 1.29. The van der Waals surface area contributed by atoms with Crippen molar-refractivity contribution >= 4 is 5.69 Å². The van der Waals surface area contributed by atoms with Gasteiger partial charge in [-0.2, -0.15) is 5.26 Å². The molecule has 0 atom stereocenters. The highest BCUT2D eigenvalue weighted by molar-refractivity contribution is 5.50. The van der Waals surface area contributed by atoms with Gasteiger partial charge in [-0.3, -0.25) is 0 Å². The van der Waals surface area contributed by atoms with Gasteiger partial charge >= 0.3 is 0 Å². The third-order valence-electron chi connectivity index (χ3n) is 1.57. The van der Waals surface area contributed by atoms with Crippen molar-refractivity contribution in [3.63, 3.8) is 0 Å². The van der Waals surface area contributed by atoms with E-state index in [1.807, 2.05) is 6.07 Å². The fraction of sp³-hybridized carbons (Fsp3) is 0.222. The van der Waals surface area contributed by atoms with Crippen LogP contribution in [-0.4, -0.2) is 7.11 Å². The molecule has 0 aliphatic rings. The second-order valence-electron chi connectivity index (χ2n) is 2.46. The maximum atomic E-state index is 8.59. The van der Waals surface area contributed by atoms with Crippen molar-refractivity contribution in [1.82, 2.24) is 0 Å². The monoisotopic (exact) mass is 162 g/mol. The molecule has 12 heavy (non-hydrogen) atoms. The van der Waals surface area contributed by atoms with Gasteiger partial charge in [0.2, 0.25) is 0 Å². The first-order chi connectivity index (χ1) is 5.77. The molecule has 62 valence electrons. The lowest BCUT2D eigenvalue weighted by molar-refractivity contribution is 0.185. The minimum atomic E-state index is 0.446. The molecule has 0 saturated heterocycles. The summed E-state index contributed by atoms with van der Waals surface area (Å²) in [6.07, 6.45) is 0. The lowest BCUT2D eigenvalue weighted by Crippen LogP contribution is -1.96. The molecular formula is C9H10N2O. The van der Waals surface area contributed by atoms with Crippen LogP contribution in [0.15, 0.2) is 18.2 Å². The van der Waals surface area contributed by atoms with Crippen LogP contribution in [0, 0.1) is 11.3 Å². The first kappa shape index (κ1) is 8.57. The lowest BCUT2D eigenvalue weighted by atomic mass is 10.1. The predicted molar refractivity (Wildman–Crippen MR) is 46.3 cm³/mol. The summed E-state index contributed by atoms with van der Waals surface area (Å²) in [4.78, 5) is 0. The molecule has 0 radical (unpaired) electrons. The fourth-order valence-corrected chi connectivity index (χ4v) is 0.956. The minimum absolute atomic E-state index is 0.446. The summed E-state index contributed by atoms with van der Waals surface area (Å²) in [5.74, 6) is 0. The zero-order valence-electron chi connectivity index (χ0n) is 6.87. The molecule has 0 aliphatic carbocycles. The number of ether oxygens (including phenoxy) is 1. The smallest absolute Gasteiger partial charge is 0.0991 e. The standard InChI is InChI=1S/C9H10N2O/c1-12-6-8-4-7(5-10)2-3-9(8)11/h2-4H,6,11H2,1H3. The van der Waals surface area contributed by atoms with Crippen molar-refractivity contribution in [3.05, 3.63) is 29.3 Å². The van der Waals surface area contributed by atoms with Crippen LogP contribution in [0.2, 0.25) is 0 Å². The maximum Gasteiger partial charge on any atom is 0.0991 e. The van der Waals surface area contributed by atoms with E-state index in [4.69, 9.17) is 15.7 Å². The van der Waals surface area contributed by atoms with Crippen LogP contribution >= 0.6 is 0 Å². The van der Waals surface area contributed by atoms with Crippen molar-refractivity contribution in [2.75, 3.05) is 12.8 Å². The molecule has 1 rings (SSSR count). The second-order valence-corrected chi connectivity index (χ2v) is 2.46. The maximum absolute atomic E-state index is 8.59. The Labute approximate surface area is 71.4 Å². The molecule has 0 heterocycles. The molecule has 0 saturated carbocycles. The number of benzene rings is 1. The number of rotatable bonds is 2. The summed E-state index contributed by atoms with van der Waals surface area (Å²) in [5, 5.41) is 8.59. The number of methoxy groups -OCH3 is 1. The summed E-state index contributed by atoms with van der Waals surface area (Å²) in [6.45, 7) is 0.446. The molecule has 0 fully saturated rings. The van der Waals surface area contributed by atoms with E-state index in [0.717, 1.165) is 5.56 Å². The summed E-state index contributed by atoms with van der Waals surface area (Å²) in [7, 11) is 1.60. The van der Waals surface area contributed by atoms with Crippen molar-refractivity contribution in [2.45, 2.75) is 6.61 Å². The zero-order chi connectivity index (χ0) is 8.97. The number of nitrogen functional groups attached to an aromatic ring is 1. The van der Waals surface area contributed by atoms with Crippen LogP contribution in [-0.2, 0) is 11.3 Å². The Morgan fingerprint density at radius 1 is 1.58 bits per heavy atom. The van der Waals surface area contributed by atoms with E-state index in [9.17, 15) is 0 Å². The highest BCUT2D eigenvalue weighted by Gasteiger charge is 1.99. The molecule has 0 aromatic heterocycles. The molecule has 0 aliphatic heterocycles. The number of nitrogens with zero attached hydrogens (tertiary/aromatic N) is 1. The average Bonchev–Trinajstić information content (AvgIpc) is 2.09. The molecule has 0 spiro atoms. The Kier molecular flexibility index (Phi) is 2.67. The van der Waals surface area contributed by atoms with Gasteiger partial charge in [0.25, 0.3) is 0 Å². The Balaban J connectivity index is 3.01. The van der Waals surface area contributed by atoms with Crippen molar-refractivity contribution in [3.8, 4) is 6.07 Å². The molecule has 1 aromatic rings. The number of anilines is 1. The number of nitriles is 1. The van der Waals surface area contributed by atoms with E-state index in [-0.39, 0.29) is 0 Å². The van der Waals surface area contributed by atoms with Gasteiger partial charge < -0.3 is 10.5 Å². The number of hydrogen-bond acceptors (Lipinski definition) is 3. The first-order valence-corrected chi connectivity index (χ1v) is 3.55. The molecular weight excluding hydrogens is 152 g/mol. The van der Waals surface area contributed by atoms with Gasteiger partial charge in [0.1, 0.15) is 0 Å². The van der Waals surface area contributed by atoms with Gasteiger partial charge in [-0.25, -0.2) is 0 Å². The number of nitrogens with two attached hydrogens (primary N) is 1. The Morgan fingerprint density at radius 2 is 2.33 bits per heavy atom. The Hall–Kier alpha value is -1.53. The van der Waals surface area contributed by atoms with E-state index in [0.29, 0.717) is 17.9 Å². The summed E-state index contributed by atoms with van der Waals surface area (Å²) in [5.41, 5.74) is 7.77. The molecule has 0 amide bonds. The second kappa shape index (κ2) is 3.74. The van der Waals surface area contributed by atoms with E-state index >= 15 is 0 Å². The van der Waals surface area contributed by atoms with Gasteiger partial charge in [-0.15, -0.1) is 0 Å². The molecule has 0 bridgehead atoms. The van der Waals surface area contributed by atoms with Gasteiger partial charge in [0.05, 0.1) is 18.2 Å². The van der Waals surface area contributed by atoms with Gasteiger partial charge in [-0.05, 0) is 18.2 Å². The summed E-state index contributed by atoms with van der Waals surface area (Å²) in [6, 6.07) is 7.18. The van der Waals surface area contributed by atoms with E-state index in [1.165, 1.54) is 0 Å². The van der Waals surface area contributed by atoms with Gasteiger partial charge in [0, 0.05) is 18.4 Å². The number of hydrogen-bond donors (Lipinski definition) is 1. The van der Waals surface area contributed by atoms with Gasteiger partial charge in [0.15, 0.2) is 0 Å². The van der Waals surface area contributed by atoms with Crippen molar-refractivity contribution in [1.29, 1.82) is 5.26 Å². The average molecular weight is 162 g/mol. The van der Waals surface area contributed by atoms with Crippen molar-refractivity contribution < 1.29 is 4.74 Å². The molecule has 0 unspecified atom stereocenters. The Morgan fingerprint density at radius 3 is 2.92 bits per heavy atom. The normalized spacial score (nSPS) is 9.33. The van der Waals surface area contributed by atoms with Crippen LogP contribution in [0.4, 0.5) is 5.69 Å². The van der Waals surface area contributed by atoms with Crippen LogP contribution in [0.5, 0.6) is 0 Å². The topological polar surface area (TPSA) is 59.0 Å². The van der Waals surface area contributed by atoms with E-state index < -0.39 is 0 Å². The van der Waals surface area contributed by atoms with Crippen molar-refractivity contribution in [2.24, 2.45) is 0 Å². The quantitative estimate of drug-likeness (QED) is 0.666. The van der Waals surface area contributed by atoms with Crippen LogP contribution < -0.4 is 5.73 Å². The molecule has 3 nitrogen and oxygen atoms in total. The highest BCUT2D eigenvalue weighted by Crippen LogP contribution is 2.14. The summed E-state index contributed by atoms with van der Waals surface area (Å²) < 4.78 is 4.92. The molecule has 2 N–H and O–H groups in total. The minimum Gasteiger partial charge on any atom is -0.398 e. The third-order valence-corrected chi connectivity index (χ3v) is 1.57. The SMILES string of the molecule is COCc1cc(C#N)ccc1N. The van der Waals surface area contributed by atoms with Crippen LogP contribution in [0.1, 0.15) is 11.1 Å². The van der Waals surface area contributed by atoms with Crippen LogP contribution in [0.25, 0.3) is 0 Å².